The first-order valence-electron chi connectivity index (χ1n) is 9.87. The van der Waals surface area contributed by atoms with Gasteiger partial charge in [-0.1, -0.05) is 35.3 Å². The zero-order valence-electron chi connectivity index (χ0n) is 17.0. The normalized spacial score (nSPS) is 13.8. The van der Waals surface area contributed by atoms with Gasteiger partial charge < -0.3 is 5.32 Å². The molecule has 0 saturated heterocycles. The van der Waals surface area contributed by atoms with Crippen LogP contribution in [0.4, 0.5) is 14.5 Å². The van der Waals surface area contributed by atoms with E-state index in [9.17, 15) is 13.6 Å². The van der Waals surface area contributed by atoms with Gasteiger partial charge in [-0.15, -0.1) is 0 Å². The van der Waals surface area contributed by atoms with Crippen LogP contribution in [-0.2, 0) is 17.9 Å². The number of carbonyl (C=O) groups excluding carboxylic acids is 1. The lowest BCUT2D eigenvalue weighted by molar-refractivity contribution is -0.117. The van der Waals surface area contributed by atoms with Gasteiger partial charge in [-0.05, 0) is 44.4 Å². The molecule has 2 aromatic heterocycles. The summed E-state index contributed by atoms with van der Waals surface area (Å²) in [6, 6.07) is 7.45. The SMILES string of the molecule is Cc1nn(Cc2ccc(Cl)cc2)c(C)c1NC(=O)Cn1nc(C(F)F)c(Cl)c1C1CC1. The number of halogens is 4. The summed E-state index contributed by atoms with van der Waals surface area (Å²) in [5.74, 6) is -0.301. The van der Waals surface area contributed by atoms with E-state index >= 15 is 0 Å². The Labute approximate surface area is 188 Å². The number of hydrogen-bond acceptors (Lipinski definition) is 3. The minimum atomic E-state index is -2.79. The quantitative estimate of drug-likeness (QED) is 0.498. The molecule has 1 fully saturated rings. The van der Waals surface area contributed by atoms with Crippen LogP contribution in [0.25, 0.3) is 0 Å². The molecule has 6 nitrogen and oxygen atoms in total. The summed E-state index contributed by atoms with van der Waals surface area (Å²) < 4.78 is 29.5. The summed E-state index contributed by atoms with van der Waals surface area (Å²) in [6.45, 7) is 3.99. The summed E-state index contributed by atoms with van der Waals surface area (Å²) in [5.41, 5.74) is 3.11. The second-order valence-corrected chi connectivity index (χ2v) is 8.51. The molecule has 1 N–H and O–H groups in total. The largest absolute Gasteiger partial charge is 0.321 e. The van der Waals surface area contributed by atoms with Crippen LogP contribution >= 0.6 is 23.2 Å². The second kappa shape index (κ2) is 8.59. The molecule has 2 heterocycles. The smallest absolute Gasteiger partial charge is 0.283 e. The first-order chi connectivity index (χ1) is 14.7. The van der Waals surface area contributed by atoms with Gasteiger partial charge in [-0.25, -0.2) is 8.78 Å². The van der Waals surface area contributed by atoms with E-state index in [0.717, 1.165) is 24.1 Å². The summed E-state index contributed by atoms with van der Waals surface area (Å²) in [4.78, 5) is 12.7. The molecule has 31 heavy (non-hydrogen) atoms. The van der Waals surface area contributed by atoms with Gasteiger partial charge in [0, 0.05) is 10.9 Å². The van der Waals surface area contributed by atoms with Gasteiger partial charge >= 0.3 is 0 Å². The topological polar surface area (TPSA) is 64.7 Å². The lowest BCUT2D eigenvalue weighted by atomic mass is 10.2. The highest BCUT2D eigenvalue weighted by molar-refractivity contribution is 6.32. The molecule has 0 unspecified atom stereocenters. The Morgan fingerprint density at radius 3 is 2.45 bits per heavy atom. The highest BCUT2D eigenvalue weighted by Crippen LogP contribution is 2.45. The van der Waals surface area contributed by atoms with Crippen molar-refractivity contribution in [3.05, 3.63) is 62.6 Å². The predicted molar refractivity (Wildman–Crippen MR) is 115 cm³/mol. The third-order valence-corrected chi connectivity index (χ3v) is 5.95. The summed E-state index contributed by atoms with van der Waals surface area (Å²) in [5, 5.41) is 11.9. The maximum Gasteiger partial charge on any atom is 0.283 e. The first-order valence-corrected chi connectivity index (χ1v) is 10.6. The summed E-state index contributed by atoms with van der Waals surface area (Å²) in [7, 11) is 0. The van der Waals surface area contributed by atoms with Crippen molar-refractivity contribution < 1.29 is 13.6 Å². The van der Waals surface area contributed by atoms with Crippen molar-refractivity contribution in [2.75, 3.05) is 5.32 Å². The molecular formula is C21H21Cl2F2N5O. The minimum absolute atomic E-state index is 0.0338. The molecule has 1 amide bonds. The lowest BCUT2D eigenvalue weighted by Gasteiger charge is -2.09. The average Bonchev–Trinajstić information content (AvgIpc) is 3.44. The molecule has 1 aromatic carbocycles. The van der Waals surface area contributed by atoms with Gasteiger partial charge in [-0.2, -0.15) is 10.2 Å². The van der Waals surface area contributed by atoms with E-state index in [1.807, 2.05) is 31.2 Å². The van der Waals surface area contributed by atoms with Crippen LogP contribution in [0.15, 0.2) is 24.3 Å². The van der Waals surface area contributed by atoms with Gasteiger partial charge in [0.25, 0.3) is 6.43 Å². The van der Waals surface area contributed by atoms with Crippen molar-refractivity contribution in [2.24, 2.45) is 0 Å². The zero-order chi connectivity index (χ0) is 22.3. The molecule has 0 aliphatic heterocycles. The zero-order valence-corrected chi connectivity index (χ0v) is 18.5. The number of benzene rings is 1. The minimum Gasteiger partial charge on any atom is -0.321 e. The first kappa shape index (κ1) is 21.8. The second-order valence-electron chi connectivity index (χ2n) is 7.70. The van der Waals surface area contributed by atoms with Crippen LogP contribution in [0.3, 0.4) is 0 Å². The Morgan fingerprint density at radius 2 is 1.84 bits per heavy atom. The number of carbonyl (C=O) groups is 1. The van der Waals surface area contributed by atoms with Gasteiger partial charge in [-0.3, -0.25) is 14.2 Å². The van der Waals surface area contributed by atoms with E-state index in [-0.39, 0.29) is 23.4 Å². The summed E-state index contributed by atoms with van der Waals surface area (Å²) >= 11 is 12.1. The molecule has 0 atom stereocenters. The van der Waals surface area contributed by atoms with Gasteiger partial charge in [0.1, 0.15) is 12.2 Å². The molecule has 1 aliphatic carbocycles. The fourth-order valence-electron chi connectivity index (χ4n) is 3.59. The van der Waals surface area contributed by atoms with Crippen LogP contribution in [0.5, 0.6) is 0 Å². The van der Waals surface area contributed by atoms with E-state index in [4.69, 9.17) is 23.2 Å². The molecule has 1 saturated carbocycles. The van der Waals surface area contributed by atoms with Crippen molar-refractivity contribution in [3.63, 3.8) is 0 Å². The molecule has 0 spiro atoms. The van der Waals surface area contributed by atoms with Gasteiger partial charge in [0.15, 0.2) is 0 Å². The Balaban J connectivity index is 1.51. The Bertz CT molecular complexity index is 1120. The standard InChI is InChI=1S/C21H21Cl2F2N5O/c1-11-18(12(2)29(27-11)9-13-3-7-15(22)8-4-13)26-16(31)10-30-20(14-5-6-14)17(23)19(28-30)21(24)25/h3-4,7-8,14,21H,5-6,9-10H2,1-2H3,(H,26,31). The number of aromatic nitrogens is 4. The maximum atomic E-state index is 13.2. The van der Waals surface area contributed by atoms with Crippen molar-refractivity contribution in [1.82, 2.24) is 19.6 Å². The number of alkyl halides is 2. The Morgan fingerprint density at radius 1 is 1.16 bits per heavy atom. The van der Waals surface area contributed by atoms with Crippen LogP contribution < -0.4 is 5.32 Å². The van der Waals surface area contributed by atoms with Gasteiger partial charge in [0.05, 0.1) is 34.3 Å². The molecule has 0 radical (unpaired) electrons. The molecule has 3 aromatic rings. The van der Waals surface area contributed by atoms with Gasteiger partial charge in [0.2, 0.25) is 5.91 Å². The Kier molecular flexibility index (Phi) is 6.03. The van der Waals surface area contributed by atoms with E-state index < -0.39 is 12.1 Å². The molecule has 1 aliphatic rings. The fourth-order valence-corrected chi connectivity index (χ4v) is 4.09. The third kappa shape index (κ3) is 4.60. The number of rotatable bonds is 7. The number of nitrogens with zero attached hydrogens (tertiary/aromatic N) is 4. The monoisotopic (exact) mass is 467 g/mol. The molecule has 4 rings (SSSR count). The fraction of sp³-hybridized carbons (Fsp3) is 0.381. The van der Waals surface area contributed by atoms with E-state index in [2.05, 4.69) is 15.5 Å². The van der Waals surface area contributed by atoms with Crippen molar-refractivity contribution >= 4 is 34.8 Å². The molecule has 0 bridgehead atoms. The van der Waals surface area contributed by atoms with Crippen molar-refractivity contribution in [1.29, 1.82) is 0 Å². The van der Waals surface area contributed by atoms with E-state index in [0.29, 0.717) is 28.6 Å². The molecule has 164 valence electrons. The van der Waals surface area contributed by atoms with Crippen LogP contribution in [0.2, 0.25) is 10.0 Å². The summed E-state index contributed by atoms with van der Waals surface area (Å²) in [6.07, 6.45) is -1.08. The maximum absolute atomic E-state index is 13.2. The average molecular weight is 468 g/mol. The van der Waals surface area contributed by atoms with E-state index in [1.165, 1.54) is 4.68 Å². The van der Waals surface area contributed by atoms with Crippen molar-refractivity contribution in [3.8, 4) is 0 Å². The lowest BCUT2D eigenvalue weighted by Crippen LogP contribution is -2.21. The van der Waals surface area contributed by atoms with Crippen LogP contribution in [-0.4, -0.2) is 25.5 Å². The highest BCUT2D eigenvalue weighted by Gasteiger charge is 2.34. The number of anilines is 1. The third-order valence-electron chi connectivity index (χ3n) is 5.31. The van der Waals surface area contributed by atoms with Crippen LogP contribution in [0.1, 0.15) is 53.5 Å². The molecular weight excluding hydrogens is 447 g/mol. The number of nitrogens with one attached hydrogen (secondary N) is 1. The predicted octanol–water partition coefficient (Wildman–Crippen LogP) is 5.51. The van der Waals surface area contributed by atoms with Crippen LogP contribution in [0, 0.1) is 13.8 Å². The van der Waals surface area contributed by atoms with E-state index in [1.54, 1.807) is 11.6 Å². The van der Waals surface area contributed by atoms with Crippen molar-refractivity contribution in [2.45, 2.75) is 52.1 Å². The Hall–Kier alpha value is -2.45. The number of hydrogen-bond donors (Lipinski definition) is 1. The highest BCUT2D eigenvalue weighted by atomic mass is 35.5. The number of amides is 1. The number of aryl methyl sites for hydroxylation is 1. The molecule has 10 heteroatoms.